The van der Waals surface area contributed by atoms with Crippen LogP contribution in [0.25, 0.3) is 0 Å². The summed E-state index contributed by atoms with van der Waals surface area (Å²) in [7, 11) is -3.84. The topological polar surface area (TPSA) is 66.5 Å². The van der Waals surface area contributed by atoms with Crippen molar-refractivity contribution in [1.29, 1.82) is 0 Å². The van der Waals surface area contributed by atoms with E-state index in [0.29, 0.717) is 18.7 Å². The first-order chi connectivity index (χ1) is 12.3. The molecule has 0 unspecified atom stereocenters. The number of carbonyl (C=O) groups is 1. The highest BCUT2D eigenvalue weighted by Crippen LogP contribution is 2.21. The molecule has 0 saturated carbocycles. The molecular formula is C20H26N2O3S. The molecule has 1 atom stereocenters. The minimum absolute atomic E-state index is 0.161. The molecule has 0 fully saturated rings. The van der Waals surface area contributed by atoms with Crippen molar-refractivity contribution in [1.82, 2.24) is 9.62 Å². The highest BCUT2D eigenvalue weighted by atomic mass is 32.2. The van der Waals surface area contributed by atoms with Crippen molar-refractivity contribution in [2.45, 2.75) is 38.6 Å². The standard InChI is InChI=1S/C20H26N2O3S/c1-5-22(6-2)20(23)19(17-10-8-7-9-11-17)21-26(24,25)18-13-12-15(3)16(4)14-18/h7-14,19,21H,5-6H2,1-4H3/t19-/m0/s1. The molecule has 0 bridgehead atoms. The molecule has 0 saturated heterocycles. The largest absolute Gasteiger partial charge is 0.342 e. The molecule has 2 aromatic carbocycles. The van der Waals surface area contributed by atoms with Gasteiger partial charge in [0, 0.05) is 13.1 Å². The smallest absolute Gasteiger partial charge is 0.245 e. The Labute approximate surface area is 156 Å². The molecule has 0 aromatic heterocycles. The van der Waals surface area contributed by atoms with Crippen molar-refractivity contribution in [2.24, 2.45) is 0 Å². The number of carbonyl (C=O) groups excluding carboxylic acids is 1. The molecule has 0 aliphatic rings. The molecule has 0 radical (unpaired) electrons. The van der Waals surface area contributed by atoms with Crippen LogP contribution >= 0.6 is 0 Å². The van der Waals surface area contributed by atoms with Crippen molar-refractivity contribution in [3.63, 3.8) is 0 Å². The lowest BCUT2D eigenvalue weighted by molar-refractivity contribution is -0.132. The summed E-state index contributed by atoms with van der Waals surface area (Å²) in [5.41, 5.74) is 2.53. The van der Waals surface area contributed by atoms with Crippen LogP contribution in [0.1, 0.15) is 36.6 Å². The zero-order chi connectivity index (χ0) is 19.3. The normalized spacial score (nSPS) is 12.6. The number of hydrogen-bond donors (Lipinski definition) is 1. The van der Waals surface area contributed by atoms with Crippen molar-refractivity contribution in [2.75, 3.05) is 13.1 Å². The fourth-order valence-corrected chi connectivity index (χ4v) is 3.99. The average Bonchev–Trinajstić information content (AvgIpc) is 2.63. The first-order valence-corrected chi connectivity index (χ1v) is 10.2. The Balaban J connectivity index is 2.42. The van der Waals surface area contributed by atoms with E-state index in [4.69, 9.17) is 0 Å². The Kier molecular flexibility index (Phi) is 6.56. The van der Waals surface area contributed by atoms with Gasteiger partial charge in [0.2, 0.25) is 15.9 Å². The van der Waals surface area contributed by atoms with Gasteiger partial charge in [-0.15, -0.1) is 0 Å². The predicted octanol–water partition coefficient (Wildman–Crippen LogP) is 3.19. The summed E-state index contributed by atoms with van der Waals surface area (Å²) in [6.45, 7) is 8.58. The maximum absolute atomic E-state index is 12.9. The van der Waals surface area contributed by atoms with Crippen LogP contribution in [0.15, 0.2) is 53.4 Å². The second-order valence-electron chi connectivity index (χ2n) is 6.22. The van der Waals surface area contributed by atoms with Crippen LogP contribution < -0.4 is 4.72 Å². The van der Waals surface area contributed by atoms with E-state index in [0.717, 1.165) is 11.1 Å². The van der Waals surface area contributed by atoms with E-state index in [2.05, 4.69) is 4.72 Å². The lowest BCUT2D eigenvalue weighted by Gasteiger charge is -2.26. The molecule has 2 aromatic rings. The monoisotopic (exact) mass is 374 g/mol. The summed E-state index contributed by atoms with van der Waals surface area (Å²) < 4.78 is 28.4. The van der Waals surface area contributed by atoms with Gasteiger partial charge >= 0.3 is 0 Å². The summed E-state index contributed by atoms with van der Waals surface area (Å²) in [6, 6.07) is 12.9. The van der Waals surface area contributed by atoms with Gasteiger partial charge in [0.25, 0.3) is 0 Å². The third-order valence-electron chi connectivity index (χ3n) is 4.52. The van der Waals surface area contributed by atoms with E-state index >= 15 is 0 Å². The molecule has 0 spiro atoms. The van der Waals surface area contributed by atoms with Gasteiger partial charge in [-0.2, -0.15) is 4.72 Å². The molecule has 0 aliphatic heterocycles. The van der Waals surface area contributed by atoms with E-state index in [1.165, 1.54) is 0 Å². The molecule has 2 rings (SSSR count). The molecule has 0 heterocycles. The van der Waals surface area contributed by atoms with Gasteiger partial charge in [-0.05, 0) is 56.5 Å². The first-order valence-electron chi connectivity index (χ1n) is 8.73. The number of nitrogens with zero attached hydrogens (tertiary/aromatic N) is 1. The van der Waals surface area contributed by atoms with Gasteiger partial charge in [0.1, 0.15) is 6.04 Å². The highest BCUT2D eigenvalue weighted by molar-refractivity contribution is 7.89. The first kappa shape index (κ1) is 20.1. The molecular weight excluding hydrogens is 348 g/mol. The van der Waals surface area contributed by atoms with Gasteiger partial charge in [-0.3, -0.25) is 4.79 Å². The summed E-state index contributed by atoms with van der Waals surface area (Å²) in [5.74, 6) is -0.256. The number of benzene rings is 2. The van der Waals surface area contributed by atoms with Crippen LogP contribution in [-0.2, 0) is 14.8 Å². The number of likely N-dealkylation sites (N-methyl/N-ethyl adjacent to an activating group) is 1. The second-order valence-corrected chi connectivity index (χ2v) is 7.94. The van der Waals surface area contributed by atoms with Crippen LogP contribution in [0.2, 0.25) is 0 Å². The maximum Gasteiger partial charge on any atom is 0.245 e. The minimum Gasteiger partial charge on any atom is -0.342 e. The number of rotatable bonds is 7. The van der Waals surface area contributed by atoms with E-state index < -0.39 is 16.1 Å². The Hall–Kier alpha value is -2.18. The average molecular weight is 375 g/mol. The van der Waals surface area contributed by atoms with Crippen molar-refractivity contribution in [3.8, 4) is 0 Å². The lowest BCUT2D eigenvalue weighted by Crippen LogP contribution is -2.42. The van der Waals surface area contributed by atoms with Gasteiger partial charge in [0.15, 0.2) is 0 Å². The summed E-state index contributed by atoms with van der Waals surface area (Å²) >= 11 is 0. The number of aryl methyl sites for hydroxylation is 2. The summed E-state index contributed by atoms with van der Waals surface area (Å²) in [5, 5.41) is 0. The number of hydrogen-bond acceptors (Lipinski definition) is 3. The quantitative estimate of drug-likeness (QED) is 0.809. The fraction of sp³-hybridized carbons (Fsp3) is 0.350. The lowest BCUT2D eigenvalue weighted by atomic mass is 10.1. The second kappa shape index (κ2) is 8.47. The fourth-order valence-electron chi connectivity index (χ4n) is 2.73. The van der Waals surface area contributed by atoms with Crippen LogP contribution in [0.4, 0.5) is 0 Å². The van der Waals surface area contributed by atoms with Gasteiger partial charge in [-0.25, -0.2) is 8.42 Å². The SMILES string of the molecule is CCN(CC)C(=O)[C@@H](NS(=O)(=O)c1ccc(C)c(C)c1)c1ccccc1. The van der Waals surface area contributed by atoms with E-state index in [-0.39, 0.29) is 10.8 Å². The molecule has 5 nitrogen and oxygen atoms in total. The van der Waals surface area contributed by atoms with Gasteiger partial charge in [0.05, 0.1) is 4.90 Å². The highest BCUT2D eigenvalue weighted by Gasteiger charge is 2.29. The van der Waals surface area contributed by atoms with E-state index in [1.54, 1.807) is 47.4 Å². The van der Waals surface area contributed by atoms with Crippen molar-refractivity contribution < 1.29 is 13.2 Å². The van der Waals surface area contributed by atoms with Crippen LogP contribution in [0, 0.1) is 13.8 Å². The Morgan fingerprint density at radius 1 is 1.00 bits per heavy atom. The van der Waals surface area contributed by atoms with Crippen LogP contribution in [0.5, 0.6) is 0 Å². The molecule has 1 amide bonds. The molecule has 0 aliphatic carbocycles. The van der Waals surface area contributed by atoms with Crippen LogP contribution in [0.3, 0.4) is 0 Å². The van der Waals surface area contributed by atoms with Gasteiger partial charge < -0.3 is 4.90 Å². The van der Waals surface area contributed by atoms with E-state index in [1.807, 2.05) is 33.8 Å². The Morgan fingerprint density at radius 2 is 1.62 bits per heavy atom. The third-order valence-corrected chi connectivity index (χ3v) is 5.94. The minimum atomic E-state index is -3.84. The third kappa shape index (κ3) is 4.51. The number of amides is 1. The maximum atomic E-state index is 12.9. The van der Waals surface area contributed by atoms with Crippen molar-refractivity contribution >= 4 is 15.9 Å². The Bertz CT molecular complexity index is 860. The zero-order valence-corrected chi connectivity index (χ0v) is 16.5. The van der Waals surface area contributed by atoms with Crippen LogP contribution in [-0.4, -0.2) is 32.3 Å². The molecule has 140 valence electrons. The zero-order valence-electron chi connectivity index (χ0n) is 15.7. The van der Waals surface area contributed by atoms with E-state index in [9.17, 15) is 13.2 Å². The molecule has 1 N–H and O–H groups in total. The molecule has 6 heteroatoms. The summed E-state index contributed by atoms with van der Waals surface area (Å²) in [6.07, 6.45) is 0. The molecule has 26 heavy (non-hydrogen) atoms. The summed E-state index contributed by atoms with van der Waals surface area (Å²) in [4.78, 5) is 14.7. The van der Waals surface area contributed by atoms with Crippen molar-refractivity contribution in [3.05, 3.63) is 65.2 Å². The Morgan fingerprint density at radius 3 is 2.15 bits per heavy atom. The van der Waals surface area contributed by atoms with Gasteiger partial charge in [-0.1, -0.05) is 36.4 Å². The number of nitrogens with one attached hydrogen (secondary N) is 1. The predicted molar refractivity (Wildman–Crippen MR) is 103 cm³/mol. The number of sulfonamides is 1.